The van der Waals surface area contributed by atoms with Gasteiger partial charge in [0, 0.05) is 23.1 Å². The number of hydrogen-bond donors (Lipinski definition) is 1. The highest BCUT2D eigenvalue weighted by atomic mass is 32.2. The van der Waals surface area contributed by atoms with Gasteiger partial charge in [-0.3, -0.25) is 0 Å². The molecule has 1 unspecified atom stereocenters. The van der Waals surface area contributed by atoms with Crippen LogP contribution in [0.15, 0.2) is 0 Å². The quantitative estimate of drug-likeness (QED) is 0.816. The lowest BCUT2D eigenvalue weighted by molar-refractivity contribution is 0.731. The number of fused-ring (bicyclic) bond motifs is 1. The zero-order chi connectivity index (χ0) is 9.26. The van der Waals surface area contributed by atoms with Crippen molar-refractivity contribution >= 4 is 23.1 Å². The van der Waals surface area contributed by atoms with Crippen molar-refractivity contribution in [3.05, 3.63) is 15.6 Å². The van der Waals surface area contributed by atoms with Gasteiger partial charge < -0.3 is 5.73 Å². The molecule has 0 spiro atoms. The van der Waals surface area contributed by atoms with E-state index in [2.05, 4.69) is 4.98 Å². The lowest BCUT2D eigenvalue weighted by Gasteiger charge is -2.06. The van der Waals surface area contributed by atoms with E-state index in [1.54, 1.807) is 0 Å². The molecule has 72 valence electrons. The van der Waals surface area contributed by atoms with Crippen LogP contribution in [0.3, 0.4) is 0 Å². The van der Waals surface area contributed by atoms with Gasteiger partial charge in [0.2, 0.25) is 0 Å². The van der Waals surface area contributed by atoms with Crippen LogP contribution in [0, 0.1) is 0 Å². The molecule has 4 heteroatoms. The van der Waals surface area contributed by atoms with Crippen molar-refractivity contribution in [1.82, 2.24) is 4.98 Å². The third kappa shape index (κ3) is 2.24. The maximum atomic E-state index is 5.74. The summed E-state index contributed by atoms with van der Waals surface area (Å²) >= 11 is 3.86. The van der Waals surface area contributed by atoms with E-state index in [-0.39, 0.29) is 6.04 Å². The van der Waals surface area contributed by atoms with Crippen molar-refractivity contribution in [3.8, 4) is 0 Å². The average Bonchev–Trinajstić information content (AvgIpc) is 2.44. The minimum atomic E-state index is 0.236. The van der Waals surface area contributed by atoms with Crippen molar-refractivity contribution in [2.24, 2.45) is 5.73 Å². The lowest BCUT2D eigenvalue weighted by atomic mass is 10.2. The van der Waals surface area contributed by atoms with Crippen LogP contribution in [-0.4, -0.2) is 16.8 Å². The molecule has 2 heterocycles. The molecular formula is C9H14N2S2. The Bertz CT molecular complexity index is 270. The standard InChI is InChI=1S/C9H14N2S2/c1-6(10)4-9-11-7-2-3-12-5-8(7)13-9/h6H,2-5,10H2,1H3. The van der Waals surface area contributed by atoms with Gasteiger partial charge in [0.25, 0.3) is 0 Å². The molecule has 0 amide bonds. The number of aryl methyl sites for hydroxylation is 1. The van der Waals surface area contributed by atoms with E-state index in [0.29, 0.717) is 0 Å². The van der Waals surface area contributed by atoms with Crippen molar-refractivity contribution in [2.75, 3.05) is 5.75 Å². The first-order valence-electron chi connectivity index (χ1n) is 4.56. The second kappa shape index (κ2) is 3.98. The van der Waals surface area contributed by atoms with Crippen LogP contribution >= 0.6 is 23.1 Å². The SMILES string of the molecule is CC(N)Cc1nc2c(s1)CSCC2. The Balaban J connectivity index is 2.15. The zero-order valence-electron chi connectivity index (χ0n) is 7.75. The molecule has 0 bridgehead atoms. The number of aromatic nitrogens is 1. The Hall–Kier alpha value is -0.0600. The first-order chi connectivity index (χ1) is 6.25. The van der Waals surface area contributed by atoms with Gasteiger partial charge in [-0.1, -0.05) is 0 Å². The van der Waals surface area contributed by atoms with E-state index in [1.165, 1.54) is 21.3 Å². The molecule has 1 aliphatic rings. The fourth-order valence-electron chi connectivity index (χ4n) is 1.44. The third-order valence-electron chi connectivity index (χ3n) is 2.04. The topological polar surface area (TPSA) is 38.9 Å². The molecule has 0 fully saturated rings. The van der Waals surface area contributed by atoms with Crippen LogP contribution in [0.2, 0.25) is 0 Å². The van der Waals surface area contributed by atoms with E-state index in [1.807, 2.05) is 30.0 Å². The van der Waals surface area contributed by atoms with Crippen LogP contribution < -0.4 is 5.73 Å². The van der Waals surface area contributed by atoms with Gasteiger partial charge in [-0.2, -0.15) is 11.8 Å². The number of thiazole rings is 1. The first kappa shape index (κ1) is 9.49. The van der Waals surface area contributed by atoms with Crippen LogP contribution in [0.5, 0.6) is 0 Å². The Labute approximate surface area is 86.9 Å². The summed E-state index contributed by atoms with van der Waals surface area (Å²) in [6, 6.07) is 0.236. The third-order valence-corrected chi connectivity index (χ3v) is 4.32. The summed E-state index contributed by atoms with van der Waals surface area (Å²) in [6.07, 6.45) is 2.08. The highest BCUT2D eigenvalue weighted by Gasteiger charge is 2.15. The first-order valence-corrected chi connectivity index (χ1v) is 6.53. The Kier molecular flexibility index (Phi) is 2.91. The van der Waals surface area contributed by atoms with E-state index < -0.39 is 0 Å². The van der Waals surface area contributed by atoms with Gasteiger partial charge >= 0.3 is 0 Å². The number of hydrogen-bond acceptors (Lipinski definition) is 4. The van der Waals surface area contributed by atoms with Gasteiger partial charge in [-0.05, 0) is 19.1 Å². The maximum Gasteiger partial charge on any atom is 0.0946 e. The molecule has 0 aromatic carbocycles. The second-order valence-electron chi connectivity index (χ2n) is 3.46. The molecule has 1 atom stereocenters. The van der Waals surface area contributed by atoms with Gasteiger partial charge in [-0.25, -0.2) is 4.98 Å². The van der Waals surface area contributed by atoms with Gasteiger partial charge in [-0.15, -0.1) is 11.3 Å². The summed E-state index contributed by atoms with van der Waals surface area (Å²) in [6.45, 7) is 2.04. The van der Waals surface area contributed by atoms with Crippen LogP contribution in [-0.2, 0) is 18.6 Å². The number of thioether (sulfide) groups is 1. The molecule has 1 aromatic heterocycles. The smallest absolute Gasteiger partial charge is 0.0946 e. The molecule has 13 heavy (non-hydrogen) atoms. The molecule has 1 aliphatic heterocycles. The zero-order valence-corrected chi connectivity index (χ0v) is 9.38. The monoisotopic (exact) mass is 214 g/mol. The fraction of sp³-hybridized carbons (Fsp3) is 0.667. The average molecular weight is 214 g/mol. The molecule has 2 nitrogen and oxygen atoms in total. The molecule has 2 rings (SSSR count). The normalized spacial score (nSPS) is 18.3. The largest absolute Gasteiger partial charge is 0.328 e. The Morgan fingerprint density at radius 3 is 3.15 bits per heavy atom. The van der Waals surface area contributed by atoms with Gasteiger partial charge in [0.05, 0.1) is 10.7 Å². The molecule has 0 aliphatic carbocycles. The van der Waals surface area contributed by atoms with E-state index in [0.717, 1.165) is 18.6 Å². The number of rotatable bonds is 2. The lowest BCUT2D eigenvalue weighted by Crippen LogP contribution is -2.17. The van der Waals surface area contributed by atoms with Crippen molar-refractivity contribution in [2.45, 2.75) is 31.6 Å². The highest BCUT2D eigenvalue weighted by molar-refractivity contribution is 7.98. The summed E-state index contributed by atoms with van der Waals surface area (Å²) in [5.41, 5.74) is 7.08. The van der Waals surface area contributed by atoms with Crippen molar-refractivity contribution in [1.29, 1.82) is 0 Å². The fourth-order valence-corrected chi connectivity index (χ4v) is 3.81. The molecule has 0 saturated heterocycles. The summed E-state index contributed by atoms with van der Waals surface area (Å²) in [4.78, 5) is 6.09. The predicted octanol–water partition coefficient (Wildman–Crippen LogP) is 1.82. The molecular weight excluding hydrogens is 200 g/mol. The molecule has 1 aromatic rings. The van der Waals surface area contributed by atoms with Crippen LogP contribution in [0.4, 0.5) is 0 Å². The number of nitrogens with zero attached hydrogens (tertiary/aromatic N) is 1. The Morgan fingerprint density at radius 2 is 2.46 bits per heavy atom. The minimum absolute atomic E-state index is 0.236. The molecule has 2 N–H and O–H groups in total. The summed E-state index contributed by atoms with van der Waals surface area (Å²) in [5.74, 6) is 2.39. The second-order valence-corrected chi connectivity index (χ2v) is 5.73. The maximum absolute atomic E-state index is 5.74. The summed E-state index contributed by atoms with van der Waals surface area (Å²) < 4.78 is 0. The summed E-state index contributed by atoms with van der Waals surface area (Å²) in [5, 5.41) is 1.22. The number of nitrogens with two attached hydrogens (primary N) is 1. The Morgan fingerprint density at radius 1 is 1.62 bits per heavy atom. The van der Waals surface area contributed by atoms with Crippen LogP contribution in [0.1, 0.15) is 22.5 Å². The highest BCUT2D eigenvalue weighted by Crippen LogP contribution is 2.29. The minimum Gasteiger partial charge on any atom is -0.328 e. The van der Waals surface area contributed by atoms with Crippen molar-refractivity contribution < 1.29 is 0 Å². The van der Waals surface area contributed by atoms with Gasteiger partial charge in [0.1, 0.15) is 0 Å². The molecule has 0 radical (unpaired) electrons. The summed E-state index contributed by atoms with van der Waals surface area (Å²) in [7, 11) is 0. The van der Waals surface area contributed by atoms with E-state index >= 15 is 0 Å². The predicted molar refractivity (Wildman–Crippen MR) is 59.3 cm³/mol. The van der Waals surface area contributed by atoms with E-state index in [4.69, 9.17) is 5.73 Å². The van der Waals surface area contributed by atoms with Crippen molar-refractivity contribution in [3.63, 3.8) is 0 Å². The van der Waals surface area contributed by atoms with Crippen LogP contribution in [0.25, 0.3) is 0 Å². The molecule has 0 saturated carbocycles. The van der Waals surface area contributed by atoms with E-state index in [9.17, 15) is 0 Å². The van der Waals surface area contributed by atoms with Gasteiger partial charge in [0.15, 0.2) is 0 Å².